The van der Waals surface area contributed by atoms with Crippen LogP contribution in [0.15, 0.2) is 30.3 Å². The van der Waals surface area contributed by atoms with Crippen LogP contribution in [-0.4, -0.2) is 32.8 Å². The molecule has 0 saturated heterocycles. The Labute approximate surface area is 119 Å². The van der Waals surface area contributed by atoms with Crippen molar-refractivity contribution in [3.63, 3.8) is 0 Å². The van der Waals surface area contributed by atoms with Crippen molar-refractivity contribution in [1.82, 2.24) is 25.5 Å². The Hall–Kier alpha value is -1.75. The summed E-state index contributed by atoms with van der Waals surface area (Å²) in [7, 11) is 1.81. The van der Waals surface area contributed by atoms with E-state index in [0.717, 1.165) is 18.8 Å². The van der Waals surface area contributed by atoms with Crippen molar-refractivity contribution in [2.24, 2.45) is 7.05 Å². The third-order valence-electron chi connectivity index (χ3n) is 4.19. The van der Waals surface area contributed by atoms with Gasteiger partial charge in [0, 0.05) is 17.9 Å². The maximum atomic E-state index is 4.32. The Morgan fingerprint density at radius 1 is 1.30 bits per heavy atom. The maximum Gasteiger partial charge on any atom is 0.176 e. The number of aromatic nitrogens is 4. The number of tetrazole rings is 1. The molecule has 1 heterocycles. The molecule has 1 atom stereocenters. The van der Waals surface area contributed by atoms with Gasteiger partial charge in [-0.05, 0) is 30.2 Å². The molecule has 1 aliphatic rings. The molecule has 5 heteroatoms. The third-order valence-corrected chi connectivity index (χ3v) is 4.19. The fourth-order valence-corrected chi connectivity index (χ4v) is 3.04. The summed E-state index contributed by atoms with van der Waals surface area (Å²) in [5, 5.41) is 16.0. The molecule has 1 unspecified atom stereocenters. The molecular formula is C15H21N5. The second-order valence-corrected chi connectivity index (χ2v) is 5.53. The van der Waals surface area contributed by atoms with Crippen LogP contribution in [0, 0.1) is 0 Å². The molecule has 2 aromatic rings. The molecule has 1 saturated carbocycles. The SMILES string of the molecule is CCNC(Cc1nnn(C)n1)C1(c2ccccc2)CC1. The van der Waals surface area contributed by atoms with E-state index in [2.05, 4.69) is 58.0 Å². The van der Waals surface area contributed by atoms with E-state index in [1.807, 2.05) is 7.05 Å². The fourth-order valence-electron chi connectivity index (χ4n) is 3.04. The summed E-state index contributed by atoms with van der Waals surface area (Å²) in [6, 6.07) is 11.2. The minimum absolute atomic E-state index is 0.246. The molecule has 1 aromatic heterocycles. The van der Waals surface area contributed by atoms with E-state index >= 15 is 0 Å². The molecular weight excluding hydrogens is 250 g/mol. The number of rotatable bonds is 6. The fraction of sp³-hybridized carbons (Fsp3) is 0.533. The monoisotopic (exact) mass is 271 g/mol. The largest absolute Gasteiger partial charge is 0.313 e. The van der Waals surface area contributed by atoms with Gasteiger partial charge in [0.2, 0.25) is 0 Å². The van der Waals surface area contributed by atoms with Gasteiger partial charge in [-0.3, -0.25) is 0 Å². The van der Waals surface area contributed by atoms with Crippen LogP contribution in [0.5, 0.6) is 0 Å². The summed E-state index contributed by atoms with van der Waals surface area (Å²) in [6.45, 7) is 3.11. The highest BCUT2D eigenvalue weighted by molar-refractivity contribution is 5.34. The van der Waals surface area contributed by atoms with Crippen LogP contribution in [0.25, 0.3) is 0 Å². The van der Waals surface area contributed by atoms with Gasteiger partial charge in [0.25, 0.3) is 0 Å². The van der Waals surface area contributed by atoms with Gasteiger partial charge in [-0.2, -0.15) is 4.80 Å². The molecule has 0 bridgehead atoms. The zero-order valence-corrected chi connectivity index (χ0v) is 12.1. The molecule has 1 N–H and O–H groups in total. The lowest BCUT2D eigenvalue weighted by Gasteiger charge is -2.27. The predicted octanol–water partition coefficient (Wildman–Crippen LogP) is 1.46. The lowest BCUT2D eigenvalue weighted by Crippen LogP contribution is -2.42. The summed E-state index contributed by atoms with van der Waals surface area (Å²) >= 11 is 0. The van der Waals surface area contributed by atoms with E-state index < -0.39 is 0 Å². The highest BCUT2D eigenvalue weighted by atomic mass is 15.6. The zero-order chi connectivity index (χ0) is 14.0. The lowest BCUT2D eigenvalue weighted by atomic mass is 9.86. The van der Waals surface area contributed by atoms with Gasteiger partial charge in [-0.1, -0.05) is 37.3 Å². The minimum atomic E-state index is 0.246. The number of nitrogens with zero attached hydrogens (tertiary/aromatic N) is 4. The summed E-state index contributed by atoms with van der Waals surface area (Å²) in [5.41, 5.74) is 1.67. The van der Waals surface area contributed by atoms with Crippen LogP contribution >= 0.6 is 0 Å². The average Bonchev–Trinajstić information content (AvgIpc) is 3.18. The van der Waals surface area contributed by atoms with Crippen molar-refractivity contribution in [3.8, 4) is 0 Å². The van der Waals surface area contributed by atoms with Crippen LogP contribution in [-0.2, 0) is 18.9 Å². The normalized spacial score (nSPS) is 17.9. The Bertz CT molecular complexity index is 559. The van der Waals surface area contributed by atoms with Crippen LogP contribution in [0.4, 0.5) is 0 Å². The lowest BCUT2D eigenvalue weighted by molar-refractivity contribution is 0.414. The molecule has 0 amide bonds. The summed E-state index contributed by atoms with van der Waals surface area (Å²) < 4.78 is 0. The van der Waals surface area contributed by atoms with Gasteiger partial charge in [-0.25, -0.2) is 0 Å². The van der Waals surface area contributed by atoms with E-state index in [-0.39, 0.29) is 5.41 Å². The van der Waals surface area contributed by atoms with Crippen LogP contribution in [0.1, 0.15) is 31.2 Å². The highest BCUT2D eigenvalue weighted by Crippen LogP contribution is 2.51. The molecule has 5 nitrogen and oxygen atoms in total. The third kappa shape index (κ3) is 2.45. The van der Waals surface area contributed by atoms with Gasteiger partial charge in [0.05, 0.1) is 7.05 Å². The van der Waals surface area contributed by atoms with Crippen LogP contribution in [0.3, 0.4) is 0 Å². The van der Waals surface area contributed by atoms with E-state index in [9.17, 15) is 0 Å². The average molecular weight is 271 g/mol. The van der Waals surface area contributed by atoms with E-state index in [1.165, 1.54) is 23.2 Å². The second kappa shape index (κ2) is 5.32. The molecule has 20 heavy (non-hydrogen) atoms. The van der Waals surface area contributed by atoms with Crippen LogP contribution in [0.2, 0.25) is 0 Å². The predicted molar refractivity (Wildman–Crippen MR) is 77.3 cm³/mol. The minimum Gasteiger partial charge on any atom is -0.313 e. The molecule has 0 spiro atoms. The first-order chi connectivity index (χ1) is 9.74. The summed E-state index contributed by atoms with van der Waals surface area (Å²) in [4.78, 5) is 1.53. The number of nitrogens with one attached hydrogen (secondary N) is 1. The van der Waals surface area contributed by atoms with E-state index in [1.54, 1.807) is 0 Å². The van der Waals surface area contributed by atoms with Crippen LogP contribution < -0.4 is 5.32 Å². The zero-order valence-electron chi connectivity index (χ0n) is 12.1. The number of hydrogen-bond donors (Lipinski definition) is 1. The number of hydrogen-bond acceptors (Lipinski definition) is 4. The first kappa shape index (κ1) is 13.2. The van der Waals surface area contributed by atoms with Crippen molar-refractivity contribution in [2.45, 2.75) is 37.6 Å². The molecule has 106 valence electrons. The van der Waals surface area contributed by atoms with E-state index in [4.69, 9.17) is 0 Å². The first-order valence-corrected chi connectivity index (χ1v) is 7.26. The van der Waals surface area contributed by atoms with Gasteiger partial charge in [-0.15, -0.1) is 10.2 Å². The van der Waals surface area contributed by atoms with Crippen molar-refractivity contribution in [1.29, 1.82) is 0 Å². The Morgan fingerprint density at radius 2 is 2.05 bits per heavy atom. The number of likely N-dealkylation sites (N-methyl/N-ethyl adjacent to an activating group) is 1. The van der Waals surface area contributed by atoms with Crippen molar-refractivity contribution in [2.75, 3.05) is 6.54 Å². The van der Waals surface area contributed by atoms with Crippen molar-refractivity contribution >= 4 is 0 Å². The number of aryl methyl sites for hydroxylation is 1. The summed E-state index contributed by atoms with van der Waals surface area (Å²) in [6.07, 6.45) is 3.29. The van der Waals surface area contributed by atoms with Gasteiger partial charge >= 0.3 is 0 Å². The topological polar surface area (TPSA) is 55.6 Å². The van der Waals surface area contributed by atoms with Crippen molar-refractivity contribution in [3.05, 3.63) is 41.7 Å². The standard InChI is InChI=1S/C15H21N5/c1-3-16-13(11-14-17-19-20(2)18-14)15(9-10-15)12-7-5-4-6-8-12/h4-8,13,16H,3,9-11H2,1-2H3. The first-order valence-electron chi connectivity index (χ1n) is 7.26. The van der Waals surface area contributed by atoms with Gasteiger partial charge in [0.15, 0.2) is 5.82 Å². The molecule has 1 aromatic carbocycles. The Kier molecular flexibility index (Phi) is 3.53. The maximum absolute atomic E-state index is 4.32. The summed E-state index contributed by atoms with van der Waals surface area (Å²) in [5.74, 6) is 0.820. The molecule has 3 rings (SSSR count). The Morgan fingerprint density at radius 3 is 2.60 bits per heavy atom. The van der Waals surface area contributed by atoms with Gasteiger partial charge < -0.3 is 5.32 Å². The van der Waals surface area contributed by atoms with E-state index in [0.29, 0.717) is 6.04 Å². The Balaban J connectivity index is 1.83. The molecule has 0 radical (unpaired) electrons. The van der Waals surface area contributed by atoms with Crippen molar-refractivity contribution < 1.29 is 0 Å². The molecule has 1 fully saturated rings. The van der Waals surface area contributed by atoms with Gasteiger partial charge in [0.1, 0.15) is 0 Å². The molecule has 1 aliphatic carbocycles. The quantitative estimate of drug-likeness (QED) is 0.864. The highest BCUT2D eigenvalue weighted by Gasteiger charge is 2.50. The number of benzene rings is 1. The second-order valence-electron chi connectivity index (χ2n) is 5.53. The molecule has 0 aliphatic heterocycles. The smallest absolute Gasteiger partial charge is 0.176 e.